The Bertz CT molecular complexity index is 734. The summed E-state index contributed by atoms with van der Waals surface area (Å²) in [5.41, 5.74) is 0.843. The van der Waals surface area contributed by atoms with Crippen molar-refractivity contribution in [2.75, 3.05) is 18.0 Å². The molecule has 0 aromatic heterocycles. The standard InChI is InChI=1S/C15H16N4O4S/c1-3-18(4-2)12-6-5-10(19(22)23)7-9(12)8-11-13(20)16-15(24)17-14(11)21/h5-8H,3-4H2,1-2H3,(H2,16,17,20,21,24). The van der Waals surface area contributed by atoms with Crippen molar-refractivity contribution >= 4 is 46.6 Å². The number of carbonyl (C=O) groups is 2. The first-order valence-corrected chi connectivity index (χ1v) is 7.70. The van der Waals surface area contributed by atoms with E-state index in [1.165, 1.54) is 18.2 Å². The van der Waals surface area contributed by atoms with Gasteiger partial charge in [0.1, 0.15) is 5.57 Å². The van der Waals surface area contributed by atoms with Crippen molar-refractivity contribution in [3.05, 3.63) is 39.4 Å². The first-order valence-electron chi connectivity index (χ1n) is 7.29. The van der Waals surface area contributed by atoms with E-state index in [0.717, 1.165) is 0 Å². The Balaban J connectivity index is 2.57. The predicted octanol–water partition coefficient (Wildman–Crippen LogP) is 1.36. The van der Waals surface area contributed by atoms with E-state index in [9.17, 15) is 19.7 Å². The van der Waals surface area contributed by atoms with E-state index in [-0.39, 0.29) is 16.4 Å². The van der Waals surface area contributed by atoms with Crippen molar-refractivity contribution < 1.29 is 14.5 Å². The number of thiocarbonyl (C=S) groups is 1. The number of hydrogen-bond acceptors (Lipinski definition) is 6. The van der Waals surface area contributed by atoms with E-state index < -0.39 is 16.7 Å². The van der Waals surface area contributed by atoms with E-state index in [1.54, 1.807) is 6.07 Å². The molecule has 1 heterocycles. The van der Waals surface area contributed by atoms with Gasteiger partial charge in [-0.2, -0.15) is 0 Å². The summed E-state index contributed by atoms with van der Waals surface area (Å²) in [6.07, 6.45) is 1.34. The van der Waals surface area contributed by atoms with Gasteiger partial charge in [-0.3, -0.25) is 30.3 Å². The van der Waals surface area contributed by atoms with Gasteiger partial charge in [-0.15, -0.1) is 0 Å². The molecule has 9 heteroatoms. The number of benzene rings is 1. The van der Waals surface area contributed by atoms with Crippen LogP contribution < -0.4 is 15.5 Å². The van der Waals surface area contributed by atoms with Crippen LogP contribution in [0.5, 0.6) is 0 Å². The van der Waals surface area contributed by atoms with Crippen molar-refractivity contribution in [2.24, 2.45) is 0 Å². The molecule has 2 amide bonds. The third-order valence-corrected chi connectivity index (χ3v) is 3.77. The molecule has 0 spiro atoms. The summed E-state index contributed by atoms with van der Waals surface area (Å²) in [5.74, 6) is -1.28. The van der Waals surface area contributed by atoms with E-state index >= 15 is 0 Å². The Hall–Kier alpha value is -2.81. The molecular formula is C15H16N4O4S. The van der Waals surface area contributed by atoms with Gasteiger partial charge in [-0.05, 0) is 38.2 Å². The van der Waals surface area contributed by atoms with Crippen molar-refractivity contribution in [2.45, 2.75) is 13.8 Å². The zero-order valence-corrected chi connectivity index (χ0v) is 14.0. The molecule has 0 saturated carbocycles. The van der Waals surface area contributed by atoms with Gasteiger partial charge in [0.2, 0.25) is 0 Å². The quantitative estimate of drug-likeness (QED) is 0.274. The second-order valence-electron chi connectivity index (χ2n) is 4.97. The number of nitro groups is 1. The smallest absolute Gasteiger partial charge is 0.270 e. The minimum Gasteiger partial charge on any atom is -0.372 e. The first kappa shape index (κ1) is 17.5. The van der Waals surface area contributed by atoms with Gasteiger partial charge in [0.25, 0.3) is 17.5 Å². The minimum atomic E-state index is -0.638. The zero-order chi connectivity index (χ0) is 17.9. The van der Waals surface area contributed by atoms with Crippen molar-refractivity contribution in [1.82, 2.24) is 10.6 Å². The topological polar surface area (TPSA) is 105 Å². The molecular weight excluding hydrogens is 332 g/mol. The number of rotatable bonds is 5. The number of hydrogen-bond donors (Lipinski definition) is 2. The summed E-state index contributed by atoms with van der Waals surface area (Å²) in [6, 6.07) is 4.35. The minimum absolute atomic E-state index is 0.0647. The van der Waals surface area contributed by atoms with Gasteiger partial charge >= 0.3 is 0 Å². The summed E-state index contributed by atoms with van der Waals surface area (Å²) >= 11 is 4.75. The van der Waals surface area contributed by atoms with Crippen LogP contribution in [-0.2, 0) is 9.59 Å². The number of nitrogens with one attached hydrogen (secondary N) is 2. The maximum Gasteiger partial charge on any atom is 0.270 e. The molecule has 1 saturated heterocycles. The molecule has 1 aliphatic heterocycles. The lowest BCUT2D eigenvalue weighted by Gasteiger charge is -2.23. The molecule has 24 heavy (non-hydrogen) atoms. The molecule has 0 unspecified atom stereocenters. The van der Waals surface area contributed by atoms with Gasteiger partial charge in [-0.25, -0.2) is 0 Å². The third kappa shape index (κ3) is 3.57. The number of amides is 2. The fourth-order valence-corrected chi connectivity index (χ4v) is 2.57. The highest BCUT2D eigenvalue weighted by Gasteiger charge is 2.26. The fourth-order valence-electron chi connectivity index (χ4n) is 2.39. The molecule has 8 nitrogen and oxygen atoms in total. The lowest BCUT2D eigenvalue weighted by Crippen LogP contribution is -2.51. The van der Waals surface area contributed by atoms with E-state index in [4.69, 9.17) is 12.2 Å². The monoisotopic (exact) mass is 348 g/mol. The molecule has 0 radical (unpaired) electrons. The molecule has 1 aromatic carbocycles. The van der Waals surface area contributed by atoms with Crippen molar-refractivity contribution in [1.29, 1.82) is 0 Å². The van der Waals surface area contributed by atoms with Crippen LogP contribution in [0.3, 0.4) is 0 Å². The molecule has 0 bridgehead atoms. The number of carbonyl (C=O) groups excluding carboxylic acids is 2. The first-order chi connectivity index (χ1) is 11.4. The lowest BCUT2D eigenvalue weighted by molar-refractivity contribution is -0.384. The van der Waals surface area contributed by atoms with Gasteiger partial charge in [-0.1, -0.05) is 0 Å². The summed E-state index contributed by atoms with van der Waals surface area (Å²) in [7, 11) is 0. The molecule has 0 aliphatic carbocycles. The second kappa shape index (κ2) is 7.18. The lowest BCUT2D eigenvalue weighted by atomic mass is 10.0. The highest BCUT2D eigenvalue weighted by Crippen LogP contribution is 2.28. The molecule has 1 fully saturated rings. The van der Waals surface area contributed by atoms with E-state index in [2.05, 4.69) is 10.6 Å². The number of non-ortho nitro benzene ring substituents is 1. The van der Waals surface area contributed by atoms with E-state index in [1.807, 2.05) is 18.7 Å². The Kier molecular flexibility index (Phi) is 5.24. The fraction of sp³-hybridized carbons (Fsp3) is 0.267. The molecule has 2 N–H and O–H groups in total. The van der Waals surface area contributed by atoms with Gasteiger partial charge in [0.05, 0.1) is 4.92 Å². The average Bonchev–Trinajstić information content (AvgIpc) is 2.52. The second-order valence-corrected chi connectivity index (χ2v) is 5.38. The summed E-state index contributed by atoms with van der Waals surface area (Å²) < 4.78 is 0. The number of nitrogens with zero attached hydrogens (tertiary/aromatic N) is 2. The molecule has 1 aliphatic rings. The van der Waals surface area contributed by atoms with Crippen LogP contribution in [0.1, 0.15) is 19.4 Å². The van der Waals surface area contributed by atoms with Gasteiger partial charge in [0.15, 0.2) is 5.11 Å². The Labute approximate surface area is 143 Å². The molecule has 0 atom stereocenters. The summed E-state index contributed by atoms with van der Waals surface area (Å²) in [5, 5.41) is 15.6. The Morgan fingerprint density at radius 2 is 1.79 bits per heavy atom. The largest absolute Gasteiger partial charge is 0.372 e. The van der Waals surface area contributed by atoms with Crippen LogP contribution in [0.4, 0.5) is 11.4 Å². The molecule has 126 valence electrons. The molecule has 2 rings (SSSR count). The maximum absolute atomic E-state index is 12.0. The summed E-state index contributed by atoms with van der Waals surface area (Å²) in [4.78, 5) is 36.4. The van der Waals surface area contributed by atoms with Crippen LogP contribution in [0.25, 0.3) is 6.08 Å². The van der Waals surface area contributed by atoms with Crippen LogP contribution >= 0.6 is 12.2 Å². The van der Waals surface area contributed by atoms with E-state index in [0.29, 0.717) is 24.3 Å². The number of nitro benzene ring substituents is 1. The van der Waals surface area contributed by atoms with Crippen LogP contribution in [0, 0.1) is 10.1 Å². The van der Waals surface area contributed by atoms with Gasteiger partial charge < -0.3 is 4.90 Å². The van der Waals surface area contributed by atoms with Gasteiger partial charge in [0, 0.05) is 36.5 Å². The number of anilines is 1. The zero-order valence-electron chi connectivity index (χ0n) is 13.2. The highest BCUT2D eigenvalue weighted by molar-refractivity contribution is 7.80. The maximum atomic E-state index is 12.0. The van der Waals surface area contributed by atoms with Crippen LogP contribution in [-0.4, -0.2) is 34.9 Å². The average molecular weight is 348 g/mol. The Morgan fingerprint density at radius 1 is 1.21 bits per heavy atom. The van der Waals surface area contributed by atoms with Crippen molar-refractivity contribution in [3.63, 3.8) is 0 Å². The van der Waals surface area contributed by atoms with Crippen LogP contribution in [0.15, 0.2) is 23.8 Å². The van der Waals surface area contributed by atoms with Crippen molar-refractivity contribution in [3.8, 4) is 0 Å². The highest BCUT2D eigenvalue weighted by atomic mass is 32.1. The van der Waals surface area contributed by atoms with Crippen LogP contribution in [0.2, 0.25) is 0 Å². The normalized spacial score (nSPS) is 14.1. The predicted molar refractivity (Wildman–Crippen MR) is 93.5 cm³/mol. The SMILES string of the molecule is CCN(CC)c1ccc([N+](=O)[O-])cc1C=C1C(=O)NC(=S)NC1=O. The summed E-state index contributed by atoms with van der Waals surface area (Å²) in [6.45, 7) is 5.24. The Morgan fingerprint density at radius 3 is 2.29 bits per heavy atom. The molecule has 1 aromatic rings. The third-order valence-electron chi connectivity index (χ3n) is 3.57.